The Bertz CT molecular complexity index is 1550. The van der Waals surface area contributed by atoms with Crippen LogP contribution < -0.4 is 14.2 Å². The van der Waals surface area contributed by atoms with Gasteiger partial charge in [0.1, 0.15) is 11.5 Å². The highest BCUT2D eigenvalue weighted by Gasteiger charge is 2.17. The summed E-state index contributed by atoms with van der Waals surface area (Å²) in [6.45, 7) is 1.11. The summed E-state index contributed by atoms with van der Waals surface area (Å²) in [4.78, 5) is 27.2. The first-order valence-corrected chi connectivity index (χ1v) is 12.4. The number of rotatable bonds is 8. The third kappa shape index (κ3) is 5.16. The molecule has 0 saturated heterocycles. The smallest absolute Gasteiger partial charge is 0.264 e. The van der Waals surface area contributed by atoms with Gasteiger partial charge in [-0.15, -0.1) is 0 Å². The van der Waals surface area contributed by atoms with E-state index in [0.717, 1.165) is 29.1 Å². The van der Waals surface area contributed by atoms with Gasteiger partial charge in [0.25, 0.3) is 10.0 Å². The highest BCUT2D eigenvalue weighted by atomic mass is 32.2. The number of carbonyl (C=O) groups excluding carboxylic acids is 2. The normalized spacial score (nSPS) is 11.5. The Balaban J connectivity index is 1.64. The predicted octanol–water partition coefficient (Wildman–Crippen LogP) is 4.57. The number of nitrogens with one attached hydrogen (secondary N) is 2. The lowest BCUT2D eigenvalue weighted by molar-refractivity contribution is -0.117. The lowest BCUT2D eigenvalue weighted by Crippen LogP contribution is -2.28. The molecular formula is C27H24N2O6S. The van der Waals surface area contributed by atoms with Crippen molar-refractivity contribution >= 4 is 38.7 Å². The Morgan fingerprint density at radius 1 is 0.917 bits per heavy atom. The molecule has 0 spiro atoms. The van der Waals surface area contributed by atoms with Gasteiger partial charge in [-0.05, 0) is 54.6 Å². The van der Waals surface area contributed by atoms with E-state index in [-0.39, 0.29) is 16.2 Å². The maximum Gasteiger partial charge on any atom is 0.264 e. The van der Waals surface area contributed by atoms with Gasteiger partial charge in [0, 0.05) is 40.6 Å². The fraction of sp³-hybridized carbons (Fsp3) is 0.111. The third-order valence-corrected chi connectivity index (χ3v) is 6.96. The maximum absolute atomic E-state index is 12.8. The highest BCUT2D eigenvalue weighted by Crippen LogP contribution is 2.37. The summed E-state index contributed by atoms with van der Waals surface area (Å²) in [7, 11) is -0.862. The predicted molar refractivity (Wildman–Crippen MR) is 138 cm³/mol. The standard InChI is InChI=1S/C27H24N2O6S/c1-17(30)29-36(32,33)21-11-8-18(9-12-21)25(31)13-10-20-14-22(27(35-3)16-26(20)34-2)24-15-19-6-4-5-7-23(19)28-24/h4-16,28H,1-3H3,(H,29,30)/b13-10+. The molecule has 0 unspecified atom stereocenters. The Morgan fingerprint density at radius 3 is 2.25 bits per heavy atom. The van der Waals surface area contributed by atoms with Crippen LogP contribution in [0.3, 0.4) is 0 Å². The molecule has 4 rings (SSSR count). The average molecular weight is 505 g/mol. The first kappa shape index (κ1) is 24.7. The van der Waals surface area contributed by atoms with E-state index in [0.29, 0.717) is 17.1 Å². The second kappa shape index (κ2) is 10.1. The summed E-state index contributed by atoms with van der Waals surface area (Å²) >= 11 is 0. The van der Waals surface area contributed by atoms with Crippen molar-refractivity contribution in [2.75, 3.05) is 14.2 Å². The second-order valence-electron chi connectivity index (χ2n) is 7.95. The average Bonchev–Trinajstić information content (AvgIpc) is 3.30. The van der Waals surface area contributed by atoms with Crippen LogP contribution in [0, 0.1) is 0 Å². The number of sulfonamides is 1. The molecule has 1 heterocycles. The number of allylic oxidation sites excluding steroid dienone is 1. The molecule has 3 aromatic carbocycles. The number of benzene rings is 3. The van der Waals surface area contributed by atoms with E-state index < -0.39 is 15.9 Å². The number of aromatic nitrogens is 1. The number of hydrogen-bond donors (Lipinski definition) is 2. The zero-order valence-electron chi connectivity index (χ0n) is 19.9. The topological polar surface area (TPSA) is 115 Å². The number of hydrogen-bond acceptors (Lipinski definition) is 6. The van der Waals surface area contributed by atoms with Gasteiger partial charge in [-0.25, -0.2) is 13.1 Å². The summed E-state index contributed by atoms with van der Waals surface area (Å²) in [6.07, 6.45) is 3.02. The molecule has 0 saturated carbocycles. The molecule has 0 fully saturated rings. The number of H-pyrrole nitrogens is 1. The number of para-hydroxylation sites is 1. The van der Waals surface area contributed by atoms with Crippen molar-refractivity contribution in [3.05, 3.63) is 83.9 Å². The SMILES string of the molecule is COc1cc(OC)c(-c2cc3ccccc3[nH]2)cc1/C=C/C(=O)c1ccc(S(=O)(=O)NC(C)=O)cc1. The fourth-order valence-corrected chi connectivity index (χ4v) is 4.78. The number of ether oxygens (including phenoxy) is 2. The first-order valence-electron chi connectivity index (χ1n) is 10.9. The molecule has 8 nitrogen and oxygen atoms in total. The molecule has 9 heteroatoms. The molecule has 4 aromatic rings. The van der Waals surface area contributed by atoms with Crippen LogP contribution in [0.2, 0.25) is 0 Å². The molecule has 2 N–H and O–H groups in total. The van der Waals surface area contributed by atoms with Crippen molar-refractivity contribution in [3.63, 3.8) is 0 Å². The number of methoxy groups -OCH3 is 2. The second-order valence-corrected chi connectivity index (χ2v) is 9.63. The van der Waals surface area contributed by atoms with Gasteiger partial charge in [-0.2, -0.15) is 0 Å². The molecule has 1 amide bonds. The minimum Gasteiger partial charge on any atom is -0.496 e. The van der Waals surface area contributed by atoms with Crippen molar-refractivity contribution in [2.45, 2.75) is 11.8 Å². The molecular weight excluding hydrogens is 480 g/mol. The third-order valence-electron chi connectivity index (χ3n) is 5.51. The Morgan fingerprint density at radius 2 is 1.61 bits per heavy atom. The minimum atomic E-state index is -3.97. The van der Waals surface area contributed by atoms with E-state index in [9.17, 15) is 18.0 Å². The van der Waals surface area contributed by atoms with Gasteiger partial charge in [-0.1, -0.05) is 18.2 Å². The van der Waals surface area contributed by atoms with Gasteiger partial charge in [0.05, 0.1) is 24.8 Å². The van der Waals surface area contributed by atoms with Gasteiger partial charge in [0.2, 0.25) is 5.91 Å². The lowest BCUT2D eigenvalue weighted by Gasteiger charge is -2.12. The Hall–Kier alpha value is -4.37. The zero-order valence-corrected chi connectivity index (χ0v) is 20.7. The van der Waals surface area contributed by atoms with E-state index in [4.69, 9.17) is 9.47 Å². The number of fused-ring (bicyclic) bond motifs is 1. The van der Waals surface area contributed by atoms with E-state index in [1.807, 2.05) is 41.1 Å². The van der Waals surface area contributed by atoms with Crippen LogP contribution in [0.15, 0.2) is 77.7 Å². The van der Waals surface area contributed by atoms with E-state index in [2.05, 4.69) is 4.98 Å². The molecule has 0 bridgehead atoms. The molecule has 0 aliphatic carbocycles. The first-order chi connectivity index (χ1) is 17.2. The van der Waals surface area contributed by atoms with Crippen LogP contribution >= 0.6 is 0 Å². The maximum atomic E-state index is 12.8. The van der Waals surface area contributed by atoms with Crippen molar-refractivity contribution in [3.8, 4) is 22.8 Å². The molecule has 0 atom stereocenters. The molecule has 0 aliphatic rings. The van der Waals surface area contributed by atoms with E-state index in [1.165, 1.54) is 37.5 Å². The number of amides is 1. The van der Waals surface area contributed by atoms with Crippen LogP contribution in [0.4, 0.5) is 0 Å². The van der Waals surface area contributed by atoms with Crippen LogP contribution in [0.1, 0.15) is 22.8 Å². The van der Waals surface area contributed by atoms with Crippen LogP contribution in [-0.4, -0.2) is 39.3 Å². The number of carbonyl (C=O) groups is 2. The summed E-state index contributed by atoms with van der Waals surface area (Å²) in [6, 6.07) is 18.9. The van der Waals surface area contributed by atoms with Gasteiger partial charge in [0.15, 0.2) is 5.78 Å². The molecule has 184 valence electrons. The molecule has 0 aliphatic heterocycles. The quantitative estimate of drug-likeness (QED) is 0.268. The van der Waals surface area contributed by atoms with E-state index >= 15 is 0 Å². The van der Waals surface area contributed by atoms with Crippen LogP contribution in [0.5, 0.6) is 11.5 Å². The zero-order chi connectivity index (χ0) is 25.9. The van der Waals surface area contributed by atoms with E-state index in [1.54, 1.807) is 19.3 Å². The monoisotopic (exact) mass is 504 g/mol. The Labute approximate surface area is 208 Å². The van der Waals surface area contributed by atoms with Crippen molar-refractivity contribution in [1.82, 2.24) is 9.71 Å². The summed E-state index contributed by atoms with van der Waals surface area (Å²) in [5.74, 6) is 0.104. The van der Waals surface area contributed by atoms with Crippen molar-refractivity contribution < 1.29 is 27.5 Å². The van der Waals surface area contributed by atoms with Gasteiger partial charge >= 0.3 is 0 Å². The van der Waals surface area contributed by atoms with Crippen LogP contribution in [0.25, 0.3) is 28.2 Å². The highest BCUT2D eigenvalue weighted by molar-refractivity contribution is 7.90. The molecule has 36 heavy (non-hydrogen) atoms. The summed E-state index contributed by atoms with van der Waals surface area (Å²) in [5.41, 5.74) is 3.59. The van der Waals surface area contributed by atoms with Crippen molar-refractivity contribution in [2.24, 2.45) is 0 Å². The Kier molecular flexibility index (Phi) is 6.93. The number of aromatic amines is 1. The molecule has 0 radical (unpaired) electrons. The summed E-state index contributed by atoms with van der Waals surface area (Å²) in [5, 5.41) is 1.06. The lowest BCUT2D eigenvalue weighted by atomic mass is 10.0. The summed E-state index contributed by atoms with van der Waals surface area (Å²) < 4.78 is 37.2. The van der Waals surface area contributed by atoms with Gasteiger partial charge in [-0.3, -0.25) is 9.59 Å². The molecule has 1 aromatic heterocycles. The van der Waals surface area contributed by atoms with Crippen molar-refractivity contribution in [1.29, 1.82) is 0 Å². The number of ketones is 1. The fourth-order valence-electron chi connectivity index (χ4n) is 3.79. The largest absolute Gasteiger partial charge is 0.496 e. The van der Waals surface area contributed by atoms with Crippen LogP contribution in [-0.2, 0) is 14.8 Å². The minimum absolute atomic E-state index is 0.113. The van der Waals surface area contributed by atoms with Gasteiger partial charge < -0.3 is 14.5 Å².